The number of hydrogen-bond acceptors (Lipinski definition) is 3. The van der Waals surface area contributed by atoms with Crippen molar-refractivity contribution in [2.75, 3.05) is 5.32 Å². The minimum atomic E-state index is -0.0823. The Kier molecular flexibility index (Phi) is 10.0. The number of anilines is 1. The number of benzene rings is 2. The van der Waals surface area contributed by atoms with Crippen LogP contribution in [0.4, 0.5) is 5.69 Å². The lowest BCUT2D eigenvalue weighted by Crippen LogP contribution is -2.18. The standard InChI is InChI=1S/C30H45NO3/c1-29(2,3)25-20-22(21-26(28(25)34)30(4,5)6)14-12-10-8-7-9-11-13-15-27(33)31-23-16-18-24(32)19-17-23/h16-21,32,34H,7-15H2,1-6H3,(H,31,33). The van der Waals surface area contributed by atoms with E-state index in [9.17, 15) is 15.0 Å². The molecule has 0 saturated carbocycles. The first-order valence-corrected chi connectivity index (χ1v) is 12.8. The highest BCUT2D eigenvalue weighted by Crippen LogP contribution is 2.40. The normalized spacial score (nSPS) is 12.1. The topological polar surface area (TPSA) is 69.6 Å². The number of amides is 1. The molecule has 0 bridgehead atoms. The summed E-state index contributed by atoms with van der Waals surface area (Å²) in [6.45, 7) is 13.0. The van der Waals surface area contributed by atoms with Gasteiger partial charge >= 0.3 is 0 Å². The van der Waals surface area contributed by atoms with E-state index in [1.807, 2.05) is 0 Å². The van der Waals surface area contributed by atoms with Crippen LogP contribution in [0.15, 0.2) is 36.4 Å². The van der Waals surface area contributed by atoms with Crippen LogP contribution in [0.25, 0.3) is 0 Å². The van der Waals surface area contributed by atoms with Crippen molar-refractivity contribution in [3.05, 3.63) is 53.1 Å². The van der Waals surface area contributed by atoms with Gasteiger partial charge in [-0.05, 0) is 71.0 Å². The zero-order valence-corrected chi connectivity index (χ0v) is 22.1. The molecule has 2 rings (SSSR count). The first kappa shape index (κ1) is 27.8. The van der Waals surface area contributed by atoms with Gasteiger partial charge in [0.1, 0.15) is 11.5 Å². The van der Waals surface area contributed by atoms with E-state index in [-0.39, 0.29) is 22.5 Å². The summed E-state index contributed by atoms with van der Waals surface area (Å²) in [5.41, 5.74) is 3.98. The zero-order chi connectivity index (χ0) is 25.4. The minimum absolute atomic E-state index is 0.0313. The fraction of sp³-hybridized carbons (Fsp3) is 0.567. The number of hydrogen-bond donors (Lipinski definition) is 3. The van der Waals surface area contributed by atoms with Gasteiger partial charge in [-0.25, -0.2) is 0 Å². The van der Waals surface area contributed by atoms with E-state index in [0.717, 1.165) is 48.9 Å². The Balaban J connectivity index is 1.67. The van der Waals surface area contributed by atoms with E-state index < -0.39 is 0 Å². The third-order valence-electron chi connectivity index (χ3n) is 6.31. The third kappa shape index (κ3) is 9.04. The molecule has 0 fully saturated rings. The van der Waals surface area contributed by atoms with E-state index in [2.05, 4.69) is 59.0 Å². The molecule has 1 amide bonds. The highest BCUT2D eigenvalue weighted by atomic mass is 16.3. The second-order valence-corrected chi connectivity index (χ2v) is 11.6. The van der Waals surface area contributed by atoms with Crippen molar-refractivity contribution in [3.63, 3.8) is 0 Å². The van der Waals surface area contributed by atoms with Crippen molar-refractivity contribution in [1.82, 2.24) is 0 Å². The Morgan fingerprint density at radius 3 is 1.71 bits per heavy atom. The first-order chi connectivity index (χ1) is 15.9. The molecule has 0 aliphatic carbocycles. The van der Waals surface area contributed by atoms with E-state index in [0.29, 0.717) is 12.2 Å². The number of nitrogens with one attached hydrogen (secondary N) is 1. The van der Waals surface area contributed by atoms with Gasteiger partial charge in [0.25, 0.3) is 0 Å². The zero-order valence-electron chi connectivity index (χ0n) is 22.1. The Morgan fingerprint density at radius 1 is 0.735 bits per heavy atom. The van der Waals surface area contributed by atoms with E-state index in [1.54, 1.807) is 24.3 Å². The molecule has 4 heteroatoms. The maximum atomic E-state index is 12.0. The monoisotopic (exact) mass is 467 g/mol. The highest BCUT2D eigenvalue weighted by Gasteiger charge is 2.26. The minimum Gasteiger partial charge on any atom is -0.508 e. The molecule has 0 heterocycles. The van der Waals surface area contributed by atoms with Gasteiger partial charge in [0.2, 0.25) is 5.91 Å². The van der Waals surface area contributed by atoms with E-state index >= 15 is 0 Å². The number of aromatic hydroxyl groups is 2. The molecular formula is C30H45NO3. The van der Waals surface area contributed by atoms with Crippen LogP contribution in [0.2, 0.25) is 0 Å². The average Bonchev–Trinajstić information content (AvgIpc) is 2.73. The molecule has 0 unspecified atom stereocenters. The molecule has 188 valence electrons. The summed E-state index contributed by atoms with van der Waals surface area (Å²) in [4.78, 5) is 12.0. The lowest BCUT2D eigenvalue weighted by molar-refractivity contribution is -0.116. The van der Waals surface area contributed by atoms with Crippen LogP contribution in [-0.2, 0) is 22.0 Å². The van der Waals surface area contributed by atoms with Crippen LogP contribution in [0.5, 0.6) is 11.5 Å². The van der Waals surface area contributed by atoms with Crippen molar-refractivity contribution in [3.8, 4) is 11.5 Å². The number of carbonyl (C=O) groups is 1. The molecule has 2 aromatic rings. The van der Waals surface area contributed by atoms with Gasteiger partial charge in [0.15, 0.2) is 0 Å². The van der Waals surface area contributed by atoms with Gasteiger partial charge in [0, 0.05) is 12.1 Å². The van der Waals surface area contributed by atoms with Crippen molar-refractivity contribution < 1.29 is 15.0 Å². The van der Waals surface area contributed by atoms with Crippen molar-refractivity contribution in [2.24, 2.45) is 0 Å². The quantitative estimate of drug-likeness (QED) is 0.232. The Bertz CT molecular complexity index is 883. The van der Waals surface area contributed by atoms with Crippen LogP contribution in [0, 0.1) is 0 Å². The van der Waals surface area contributed by atoms with Crippen molar-refractivity contribution in [1.29, 1.82) is 0 Å². The second-order valence-electron chi connectivity index (χ2n) is 11.6. The average molecular weight is 468 g/mol. The fourth-order valence-electron chi connectivity index (χ4n) is 4.25. The number of phenols is 2. The summed E-state index contributed by atoms with van der Waals surface area (Å²) < 4.78 is 0. The molecule has 0 radical (unpaired) electrons. The number of rotatable bonds is 11. The molecule has 0 aliphatic rings. The summed E-state index contributed by atoms with van der Waals surface area (Å²) in [7, 11) is 0. The van der Waals surface area contributed by atoms with Crippen LogP contribution < -0.4 is 5.32 Å². The van der Waals surface area contributed by atoms with E-state index in [1.165, 1.54) is 24.8 Å². The summed E-state index contributed by atoms with van der Waals surface area (Å²) in [6, 6.07) is 11.0. The molecule has 2 aromatic carbocycles. The molecular weight excluding hydrogens is 422 g/mol. The van der Waals surface area contributed by atoms with Gasteiger partial charge in [-0.3, -0.25) is 4.79 Å². The van der Waals surface area contributed by atoms with Crippen LogP contribution in [0.3, 0.4) is 0 Å². The lowest BCUT2D eigenvalue weighted by Gasteiger charge is -2.28. The maximum Gasteiger partial charge on any atom is 0.224 e. The summed E-state index contributed by atoms with van der Waals surface area (Å²) >= 11 is 0. The lowest BCUT2D eigenvalue weighted by atomic mass is 9.78. The predicted octanol–water partition coefficient (Wildman–Crippen LogP) is 7.99. The number of unbranched alkanes of at least 4 members (excludes halogenated alkanes) is 6. The molecule has 0 saturated heterocycles. The van der Waals surface area contributed by atoms with Gasteiger partial charge in [-0.1, -0.05) is 85.8 Å². The van der Waals surface area contributed by atoms with Gasteiger partial charge in [0.05, 0.1) is 0 Å². The number of carbonyl (C=O) groups excluding carboxylic acids is 1. The molecule has 0 aliphatic heterocycles. The summed E-state index contributed by atoms with van der Waals surface area (Å²) in [5, 5.41) is 23.0. The largest absolute Gasteiger partial charge is 0.508 e. The summed E-state index contributed by atoms with van der Waals surface area (Å²) in [6.07, 6.45) is 9.51. The Labute approximate surface area is 206 Å². The molecule has 0 aromatic heterocycles. The molecule has 3 N–H and O–H groups in total. The SMILES string of the molecule is CC(C)(C)c1cc(CCCCCCCCCC(=O)Nc2ccc(O)cc2)cc(C(C)(C)C)c1O. The molecule has 34 heavy (non-hydrogen) atoms. The van der Waals surface area contributed by atoms with Crippen LogP contribution in [-0.4, -0.2) is 16.1 Å². The molecule has 0 atom stereocenters. The van der Waals surface area contributed by atoms with Gasteiger partial charge in [-0.15, -0.1) is 0 Å². The smallest absolute Gasteiger partial charge is 0.224 e. The van der Waals surface area contributed by atoms with Gasteiger partial charge < -0.3 is 15.5 Å². The van der Waals surface area contributed by atoms with Crippen LogP contribution >= 0.6 is 0 Å². The summed E-state index contributed by atoms with van der Waals surface area (Å²) in [5.74, 6) is 0.690. The highest BCUT2D eigenvalue weighted by molar-refractivity contribution is 5.90. The van der Waals surface area contributed by atoms with Crippen LogP contribution in [0.1, 0.15) is 110 Å². The van der Waals surface area contributed by atoms with Crippen molar-refractivity contribution >= 4 is 11.6 Å². The Hall–Kier alpha value is -2.49. The first-order valence-electron chi connectivity index (χ1n) is 12.8. The maximum absolute atomic E-state index is 12.0. The fourth-order valence-corrected chi connectivity index (χ4v) is 4.25. The second kappa shape index (κ2) is 12.3. The van der Waals surface area contributed by atoms with Crippen molar-refractivity contribution in [2.45, 2.75) is 110 Å². The van der Waals surface area contributed by atoms with E-state index in [4.69, 9.17) is 0 Å². The third-order valence-corrected chi connectivity index (χ3v) is 6.31. The molecule has 4 nitrogen and oxygen atoms in total. The number of phenolic OH excluding ortho intramolecular Hbond substituents is 2. The molecule has 0 spiro atoms. The Morgan fingerprint density at radius 2 is 1.21 bits per heavy atom. The van der Waals surface area contributed by atoms with Gasteiger partial charge in [-0.2, -0.15) is 0 Å². The predicted molar refractivity (Wildman–Crippen MR) is 143 cm³/mol. The number of aryl methyl sites for hydroxylation is 1.